The highest BCUT2D eigenvalue weighted by atomic mass is 16.5. The molecule has 5 rings (SSSR count). The van der Waals surface area contributed by atoms with Crippen LogP contribution in [-0.4, -0.2) is 49.9 Å². The smallest absolute Gasteiger partial charge is 0.267 e. The fourth-order valence-corrected chi connectivity index (χ4v) is 3.80. The zero-order chi connectivity index (χ0) is 24.4. The summed E-state index contributed by atoms with van der Waals surface area (Å²) in [6.45, 7) is -0.164. The maximum absolute atomic E-state index is 13.2. The highest BCUT2D eigenvalue weighted by Crippen LogP contribution is 2.33. The summed E-state index contributed by atoms with van der Waals surface area (Å²) in [5.74, 6) is 0.848. The molecule has 176 valence electrons. The summed E-state index contributed by atoms with van der Waals surface area (Å²) in [6, 6.07) is 17.2. The number of nitrogens with zero attached hydrogens (tertiary/aromatic N) is 6. The molecule has 0 bridgehead atoms. The first-order valence-electron chi connectivity index (χ1n) is 10.8. The number of carbonyl (C=O) groups excluding carboxylic acids is 2. The van der Waals surface area contributed by atoms with E-state index in [4.69, 9.17) is 14.9 Å². The summed E-state index contributed by atoms with van der Waals surface area (Å²) in [5.41, 5.74) is 7.93. The minimum absolute atomic E-state index is 0.164. The Kier molecular flexibility index (Phi) is 5.80. The third kappa shape index (κ3) is 4.51. The van der Waals surface area contributed by atoms with Gasteiger partial charge in [0.05, 0.1) is 19.1 Å². The number of carbonyl (C=O) groups is 2. The third-order valence-corrected chi connectivity index (χ3v) is 5.62. The van der Waals surface area contributed by atoms with Gasteiger partial charge in [-0.05, 0) is 59.3 Å². The van der Waals surface area contributed by atoms with Crippen LogP contribution >= 0.6 is 0 Å². The Labute approximate surface area is 199 Å². The van der Waals surface area contributed by atoms with E-state index in [9.17, 15) is 9.59 Å². The number of nitrogens with two attached hydrogens (primary N) is 1. The van der Waals surface area contributed by atoms with Gasteiger partial charge in [0.2, 0.25) is 11.7 Å². The summed E-state index contributed by atoms with van der Waals surface area (Å²) in [6.07, 6.45) is 2.06. The lowest BCUT2D eigenvalue weighted by Crippen LogP contribution is -2.31. The summed E-state index contributed by atoms with van der Waals surface area (Å²) < 4.78 is 10.8. The molecule has 2 aromatic heterocycles. The van der Waals surface area contributed by atoms with Gasteiger partial charge < -0.3 is 14.9 Å². The molecule has 1 aliphatic heterocycles. The van der Waals surface area contributed by atoms with Crippen molar-refractivity contribution in [2.24, 2.45) is 10.8 Å². The first-order chi connectivity index (χ1) is 17.0. The molecule has 4 aromatic rings. The number of primary amides is 1. The van der Waals surface area contributed by atoms with E-state index >= 15 is 0 Å². The van der Waals surface area contributed by atoms with Crippen molar-refractivity contribution in [2.45, 2.75) is 19.0 Å². The maximum atomic E-state index is 13.2. The number of aromatic nitrogens is 4. The van der Waals surface area contributed by atoms with E-state index in [1.165, 1.54) is 9.81 Å². The Morgan fingerprint density at radius 3 is 2.49 bits per heavy atom. The summed E-state index contributed by atoms with van der Waals surface area (Å²) in [5, 5.41) is 18.3. The number of hydrogen-bond donors (Lipinski definition) is 1. The number of amides is 2. The average molecular weight is 471 g/mol. The number of tetrazole rings is 1. The van der Waals surface area contributed by atoms with E-state index in [2.05, 4.69) is 20.5 Å². The number of hydrogen-bond acceptors (Lipinski definition) is 8. The number of hydrazone groups is 1. The molecule has 2 aromatic carbocycles. The monoisotopic (exact) mass is 471 g/mol. The van der Waals surface area contributed by atoms with Crippen molar-refractivity contribution in [1.82, 2.24) is 25.2 Å². The summed E-state index contributed by atoms with van der Waals surface area (Å²) in [4.78, 5) is 25.7. The van der Waals surface area contributed by atoms with Crippen molar-refractivity contribution in [3.8, 4) is 17.1 Å². The van der Waals surface area contributed by atoms with Crippen molar-refractivity contribution in [3.63, 3.8) is 0 Å². The molecule has 3 heterocycles. The van der Waals surface area contributed by atoms with Crippen LogP contribution in [0.3, 0.4) is 0 Å². The van der Waals surface area contributed by atoms with Crippen LogP contribution in [0.1, 0.15) is 34.1 Å². The van der Waals surface area contributed by atoms with Crippen LogP contribution in [0, 0.1) is 0 Å². The number of rotatable bonds is 7. The second-order valence-electron chi connectivity index (χ2n) is 7.83. The minimum atomic E-state index is -0.523. The maximum Gasteiger partial charge on any atom is 0.267 e. The minimum Gasteiger partial charge on any atom is -0.497 e. The lowest BCUT2D eigenvalue weighted by Gasteiger charge is -2.19. The van der Waals surface area contributed by atoms with Crippen LogP contribution < -0.4 is 10.5 Å². The van der Waals surface area contributed by atoms with Gasteiger partial charge in [0.15, 0.2) is 0 Å². The van der Waals surface area contributed by atoms with E-state index in [1.54, 1.807) is 43.7 Å². The van der Waals surface area contributed by atoms with Crippen LogP contribution in [0.15, 0.2) is 76.4 Å². The van der Waals surface area contributed by atoms with Gasteiger partial charge in [0.25, 0.3) is 5.91 Å². The SMILES string of the molecule is COc1ccc(C2=NN(C(=O)Cn3nnc(-c4ccc(C(N)=O)cc4)n3)C(c3ccco3)C2)cc1. The van der Waals surface area contributed by atoms with Crippen molar-refractivity contribution in [3.05, 3.63) is 83.8 Å². The van der Waals surface area contributed by atoms with Gasteiger partial charge in [-0.1, -0.05) is 12.1 Å². The summed E-state index contributed by atoms with van der Waals surface area (Å²) in [7, 11) is 1.61. The molecule has 35 heavy (non-hydrogen) atoms. The lowest BCUT2D eigenvalue weighted by atomic mass is 10.0. The molecule has 2 N–H and O–H groups in total. The Morgan fingerprint density at radius 2 is 1.83 bits per heavy atom. The number of ether oxygens (including phenoxy) is 1. The molecule has 0 saturated heterocycles. The second-order valence-corrected chi connectivity index (χ2v) is 7.83. The predicted molar refractivity (Wildman–Crippen MR) is 124 cm³/mol. The standard InChI is InChI=1S/C24H21N7O4/c1-34-18-10-8-15(9-11-18)19-13-20(21-3-2-12-35-21)31(27-19)22(32)14-30-28-24(26-29-30)17-6-4-16(5-7-17)23(25)33/h2-12,20H,13-14H2,1H3,(H2,25,33). The van der Waals surface area contributed by atoms with Crippen LogP contribution in [0.5, 0.6) is 5.75 Å². The zero-order valence-electron chi connectivity index (χ0n) is 18.7. The van der Waals surface area contributed by atoms with Gasteiger partial charge in [0.1, 0.15) is 24.1 Å². The third-order valence-electron chi connectivity index (χ3n) is 5.62. The molecule has 11 nitrogen and oxygen atoms in total. The highest BCUT2D eigenvalue weighted by molar-refractivity contribution is 6.03. The molecule has 0 fully saturated rings. The van der Waals surface area contributed by atoms with E-state index < -0.39 is 5.91 Å². The Hall–Kier alpha value is -4.80. The van der Waals surface area contributed by atoms with Gasteiger partial charge in [-0.25, -0.2) is 5.01 Å². The lowest BCUT2D eigenvalue weighted by molar-refractivity contribution is -0.134. The van der Waals surface area contributed by atoms with Crippen LogP contribution in [0.25, 0.3) is 11.4 Å². The largest absolute Gasteiger partial charge is 0.497 e. The average Bonchev–Trinajstić information content (AvgIpc) is 3.65. The van der Waals surface area contributed by atoms with Gasteiger partial charge in [-0.3, -0.25) is 9.59 Å². The van der Waals surface area contributed by atoms with E-state index in [1.807, 2.05) is 30.3 Å². The Morgan fingerprint density at radius 1 is 1.09 bits per heavy atom. The van der Waals surface area contributed by atoms with Gasteiger partial charge >= 0.3 is 0 Å². The predicted octanol–water partition coefficient (Wildman–Crippen LogP) is 2.42. The first kappa shape index (κ1) is 22.0. The molecule has 0 spiro atoms. The van der Waals surface area contributed by atoms with E-state index in [0.29, 0.717) is 29.1 Å². The Bertz CT molecular complexity index is 1380. The normalized spacial score (nSPS) is 15.2. The van der Waals surface area contributed by atoms with E-state index in [-0.39, 0.29) is 18.5 Å². The fourth-order valence-electron chi connectivity index (χ4n) is 3.80. The van der Waals surface area contributed by atoms with Gasteiger partial charge in [-0.2, -0.15) is 9.90 Å². The molecule has 1 aliphatic rings. The van der Waals surface area contributed by atoms with Crippen molar-refractivity contribution < 1.29 is 18.7 Å². The molecule has 1 unspecified atom stereocenters. The fraction of sp³-hybridized carbons (Fsp3) is 0.167. The van der Waals surface area contributed by atoms with Crippen molar-refractivity contribution in [1.29, 1.82) is 0 Å². The van der Waals surface area contributed by atoms with Crippen molar-refractivity contribution >= 4 is 17.5 Å². The van der Waals surface area contributed by atoms with E-state index in [0.717, 1.165) is 17.0 Å². The highest BCUT2D eigenvalue weighted by Gasteiger charge is 2.35. The number of benzene rings is 2. The molecule has 11 heteroatoms. The van der Waals surface area contributed by atoms with Crippen molar-refractivity contribution in [2.75, 3.05) is 7.11 Å². The molecular weight excluding hydrogens is 450 g/mol. The van der Waals surface area contributed by atoms with Crippen LogP contribution in [0.4, 0.5) is 0 Å². The first-order valence-corrected chi connectivity index (χ1v) is 10.8. The molecule has 0 aliphatic carbocycles. The number of methoxy groups -OCH3 is 1. The molecule has 2 amide bonds. The molecule has 1 atom stereocenters. The zero-order valence-corrected chi connectivity index (χ0v) is 18.7. The van der Waals surface area contributed by atoms with Gasteiger partial charge in [-0.15, -0.1) is 10.2 Å². The molecule has 0 saturated carbocycles. The van der Waals surface area contributed by atoms with Crippen LogP contribution in [-0.2, 0) is 11.3 Å². The quantitative estimate of drug-likeness (QED) is 0.436. The number of furan rings is 1. The summed E-state index contributed by atoms with van der Waals surface area (Å²) >= 11 is 0. The topological polar surface area (TPSA) is 142 Å². The Balaban J connectivity index is 1.36. The van der Waals surface area contributed by atoms with Gasteiger partial charge in [0, 0.05) is 17.5 Å². The molecule has 0 radical (unpaired) electrons. The van der Waals surface area contributed by atoms with Crippen LogP contribution in [0.2, 0.25) is 0 Å². The molecular formula is C24H21N7O4. The second kappa shape index (κ2) is 9.21.